The minimum absolute atomic E-state index is 0.0439. The largest absolute Gasteiger partial charge is 0.493 e. The molecule has 4 rings (SSSR count). The summed E-state index contributed by atoms with van der Waals surface area (Å²) in [6.07, 6.45) is 1.78. The van der Waals surface area contributed by atoms with Crippen molar-refractivity contribution in [3.63, 3.8) is 0 Å². The molecule has 0 radical (unpaired) electrons. The molecule has 176 valence electrons. The van der Waals surface area contributed by atoms with E-state index in [-0.39, 0.29) is 12.3 Å². The van der Waals surface area contributed by atoms with Crippen LogP contribution >= 0.6 is 11.6 Å². The highest BCUT2D eigenvalue weighted by Gasteiger charge is 2.12. The van der Waals surface area contributed by atoms with Gasteiger partial charge in [-0.25, -0.2) is 4.98 Å². The van der Waals surface area contributed by atoms with E-state index in [1.807, 2.05) is 42.5 Å². The van der Waals surface area contributed by atoms with Gasteiger partial charge in [-0.05, 0) is 55.7 Å². The van der Waals surface area contributed by atoms with Gasteiger partial charge in [-0.3, -0.25) is 4.79 Å². The zero-order chi connectivity index (χ0) is 23.9. The van der Waals surface area contributed by atoms with Crippen LogP contribution in [0.2, 0.25) is 5.02 Å². The number of amides is 1. The third kappa shape index (κ3) is 5.97. The highest BCUT2D eigenvalue weighted by molar-refractivity contribution is 6.31. The third-order valence-electron chi connectivity index (χ3n) is 5.83. The van der Waals surface area contributed by atoms with Crippen LogP contribution in [0.3, 0.4) is 0 Å². The van der Waals surface area contributed by atoms with Gasteiger partial charge in [0.2, 0.25) is 5.91 Å². The van der Waals surface area contributed by atoms with Crippen molar-refractivity contribution in [1.29, 1.82) is 0 Å². The molecule has 1 heterocycles. The first-order valence-electron chi connectivity index (χ1n) is 11.7. The zero-order valence-corrected chi connectivity index (χ0v) is 20.4. The second kappa shape index (κ2) is 11.2. The number of hydrogen-bond acceptors (Lipinski definition) is 3. The standard InChI is InChI=1S/C28H30ClN3O2/c1-20-12-13-26(21(2)18-20)34-17-7-16-32-25-11-6-5-10-24(25)31-27(32)14-15-30-28(33)19-22-8-3-4-9-23(22)29/h3-6,8-13,18H,7,14-17,19H2,1-2H3,(H,30,33). The van der Waals surface area contributed by atoms with Crippen LogP contribution in [0.5, 0.6) is 5.75 Å². The van der Waals surface area contributed by atoms with Crippen LogP contribution in [0, 0.1) is 13.8 Å². The third-order valence-corrected chi connectivity index (χ3v) is 6.20. The van der Waals surface area contributed by atoms with Gasteiger partial charge >= 0.3 is 0 Å². The summed E-state index contributed by atoms with van der Waals surface area (Å²) in [4.78, 5) is 17.2. The Labute approximate surface area is 205 Å². The van der Waals surface area contributed by atoms with Gasteiger partial charge in [0.1, 0.15) is 11.6 Å². The van der Waals surface area contributed by atoms with Crippen molar-refractivity contribution in [3.05, 3.63) is 94.3 Å². The van der Waals surface area contributed by atoms with E-state index in [9.17, 15) is 4.79 Å². The van der Waals surface area contributed by atoms with Crippen molar-refractivity contribution in [1.82, 2.24) is 14.9 Å². The number of imidazole rings is 1. The van der Waals surface area contributed by atoms with Gasteiger partial charge in [-0.15, -0.1) is 0 Å². The quantitative estimate of drug-likeness (QED) is 0.300. The summed E-state index contributed by atoms with van der Waals surface area (Å²) >= 11 is 6.18. The van der Waals surface area contributed by atoms with Gasteiger partial charge in [0.05, 0.1) is 24.1 Å². The molecule has 0 saturated carbocycles. The minimum atomic E-state index is -0.0439. The first-order valence-corrected chi connectivity index (χ1v) is 12.0. The van der Waals surface area contributed by atoms with Gasteiger partial charge in [-0.2, -0.15) is 0 Å². The zero-order valence-electron chi connectivity index (χ0n) is 19.7. The average Bonchev–Trinajstić information content (AvgIpc) is 3.17. The summed E-state index contributed by atoms with van der Waals surface area (Å²) in [5, 5.41) is 3.62. The number of hydrogen-bond donors (Lipinski definition) is 1. The SMILES string of the molecule is Cc1ccc(OCCCn2c(CCNC(=O)Cc3ccccc3Cl)nc3ccccc32)c(C)c1. The molecular weight excluding hydrogens is 446 g/mol. The number of nitrogens with one attached hydrogen (secondary N) is 1. The van der Waals surface area contributed by atoms with Crippen LogP contribution in [0.25, 0.3) is 11.0 Å². The summed E-state index contributed by atoms with van der Waals surface area (Å²) in [5.41, 5.74) is 5.29. The molecular formula is C28H30ClN3O2. The fourth-order valence-electron chi connectivity index (χ4n) is 4.12. The van der Waals surface area contributed by atoms with Crippen LogP contribution in [-0.4, -0.2) is 28.6 Å². The number of para-hydroxylation sites is 2. The van der Waals surface area contributed by atoms with Gasteiger partial charge in [0.25, 0.3) is 0 Å². The van der Waals surface area contributed by atoms with E-state index in [4.69, 9.17) is 21.3 Å². The second-order valence-corrected chi connectivity index (χ2v) is 8.91. The van der Waals surface area contributed by atoms with E-state index in [0.29, 0.717) is 24.6 Å². The van der Waals surface area contributed by atoms with E-state index in [1.54, 1.807) is 6.07 Å². The average molecular weight is 476 g/mol. The summed E-state index contributed by atoms with van der Waals surface area (Å²) in [6.45, 7) is 6.11. The number of carbonyl (C=O) groups is 1. The molecule has 5 nitrogen and oxygen atoms in total. The number of fused-ring (bicyclic) bond motifs is 1. The Hall–Kier alpha value is -3.31. The molecule has 34 heavy (non-hydrogen) atoms. The molecule has 0 unspecified atom stereocenters. The number of benzene rings is 3. The first-order chi connectivity index (χ1) is 16.5. The molecule has 1 aromatic heterocycles. The summed E-state index contributed by atoms with van der Waals surface area (Å²) in [5.74, 6) is 1.85. The number of ether oxygens (including phenoxy) is 1. The number of aromatic nitrogens is 2. The maximum atomic E-state index is 12.4. The number of aryl methyl sites for hydroxylation is 3. The molecule has 6 heteroatoms. The fourth-order valence-corrected chi connectivity index (χ4v) is 4.33. The maximum absolute atomic E-state index is 12.4. The Morgan fingerprint density at radius 1 is 1.06 bits per heavy atom. The molecule has 0 spiro atoms. The van der Waals surface area contributed by atoms with Crippen molar-refractivity contribution < 1.29 is 9.53 Å². The normalized spacial score (nSPS) is 11.0. The van der Waals surface area contributed by atoms with Crippen LogP contribution in [0.15, 0.2) is 66.7 Å². The molecule has 0 aliphatic carbocycles. The summed E-state index contributed by atoms with van der Waals surface area (Å²) in [6, 6.07) is 21.8. The molecule has 4 aromatic rings. The van der Waals surface area contributed by atoms with E-state index in [1.165, 1.54) is 5.56 Å². The highest BCUT2D eigenvalue weighted by atomic mass is 35.5. The molecule has 0 fully saturated rings. The monoisotopic (exact) mass is 475 g/mol. The van der Waals surface area contributed by atoms with Crippen LogP contribution in [0.4, 0.5) is 0 Å². The molecule has 1 N–H and O–H groups in total. The Kier molecular flexibility index (Phi) is 7.86. The van der Waals surface area contributed by atoms with Gasteiger partial charge in [-0.1, -0.05) is 59.6 Å². The van der Waals surface area contributed by atoms with Crippen molar-refractivity contribution in [2.45, 2.75) is 39.7 Å². The lowest BCUT2D eigenvalue weighted by Crippen LogP contribution is -2.28. The molecule has 0 saturated heterocycles. The number of rotatable bonds is 10. The smallest absolute Gasteiger partial charge is 0.224 e. The predicted molar refractivity (Wildman–Crippen MR) is 138 cm³/mol. The molecule has 0 bridgehead atoms. The van der Waals surface area contributed by atoms with Crippen LogP contribution < -0.4 is 10.1 Å². The molecule has 3 aromatic carbocycles. The molecule has 0 aliphatic rings. The highest BCUT2D eigenvalue weighted by Crippen LogP contribution is 2.20. The molecule has 0 atom stereocenters. The van der Waals surface area contributed by atoms with E-state index < -0.39 is 0 Å². The minimum Gasteiger partial charge on any atom is -0.493 e. The van der Waals surface area contributed by atoms with Crippen LogP contribution in [0.1, 0.15) is 28.9 Å². The summed E-state index contributed by atoms with van der Waals surface area (Å²) in [7, 11) is 0. The number of nitrogens with zero attached hydrogens (tertiary/aromatic N) is 2. The van der Waals surface area contributed by atoms with E-state index in [2.05, 4.69) is 41.9 Å². The lowest BCUT2D eigenvalue weighted by atomic mass is 10.1. The Balaban J connectivity index is 1.35. The Morgan fingerprint density at radius 3 is 2.68 bits per heavy atom. The molecule has 0 aliphatic heterocycles. The lowest BCUT2D eigenvalue weighted by molar-refractivity contribution is -0.120. The van der Waals surface area contributed by atoms with Crippen molar-refractivity contribution in [2.24, 2.45) is 0 Å². The van der Waals surface area contributed by atoms with Crippen molar-refractivity contribution >= 4 is 28.5 Å². The van der Waals surface area contributed by atoms with E-state index in [0.717, 1.165) is 46.7 Å². The van der Waals surface area contributed by atoms with Crippen LogP contribution in [-0.2, 0) is 24.2 Å². The number of halogens is 1. The Morgan fingerprint density at radius 2 is 1.85 bits per heavy atom. The summed E-state index contributed by atoms with van der Waals surface area (Å²) < 4.78 is 8.26. The van der Waals surface area contributed by atoms with Gasteiger partial charge in [0, 0.05) is 24.5 Å². The lowest BCUT2D eigenvalue weighted by Gasteiger charge is -2.12. The maximum Gasteiger partial charge on any atom is 0.224 e. The van der Waals surface area contributed by atoms with Gasteiger partial charge < -0.3 is 14.6 Å². The first kappa shape index (κ1) is 23.8. The topological polar surface area (TPSA) is 56.1 Å². The van der Waals surface area contributed by atoms with Crippen molar-refractivity contribution in [2.75, 3.05) is 13.2 Å². The fraction of sp³-hybridized carbons (Fsp3) is 0.286. The predicted octanol–water partition coefficient (Wildman–Crippen LogP) is 5.68. The van der Waals surface area contributed by atoms with Gasteiger partial charge in [0.15, 0.2) is 0 Å². The number of carbonyl (C=O) groups excluding carboxylic acids is 1. The molecule has 1 amide bonds. The van der Waals surface area contributed by atoms with Crippen molar-refractivity contribution in [3.8, 4) is 5.75 Å². The second-order valence-electron chi connectivity index (χ2n) is 8.51. The Bertz CT molecular complexity index is 1280. The van der Waals surface area contributed by atoms with E-state index >= 15 is 0 Å².